The first kappa shape index (κ1) is 12.2. The van der Waals surface area contributed by atoms with Crippen molar-refractivity contribution in [2.24, 2.45) is 0 Å². The van der Waals surface area contributed by atoms with Crippen LogP contribution in [0.2, 0.25) is 0 Å². The largest absolute Gasteiger partial charge is 0.391 e. The van der Waals surface area contributed by atoms with Crippen molar-refractivity contribution in [1.82, 2.24) is 9.78 Å². The second-order valence-electron chi connectivity index (χ2n) is 4.97. The van der Waals surface area contributed by atoms with E-state index in [2.05, 4.69) is 5.10 Å². The Morgan fingerprint density at radius 3 is 2.84 bits per heavy atom. The van der Waals surface area contributed by atoms with Crippen molar-refractivity contribution in [2.45, 2.75) is 31.4 Å². The molecule has 2 unspecified atom stereocenters. The standard InChI is InChI=1S/C14H16FN3O/c15-10-4-1-3-9(7-10)11-8-14(16)18(17-11)12-5-2-6-13(12)19/h1,3-4,7-8,12-13,19H,2,5-6,16H2. The average molecular weight is 261 g/mol. The summed E-state index contributed by atoms with van der Waals surface area (Å²) in [7, 11) is 0. The summed E-state index contributed by atoms with van der Waals surface area (Å²) >= 11 is 0. The Labute approximate surface area is 110 Å². The van der Waals surface area contributed by atoms with Crippen LogP contribution in [0.5, 0.6) is 0 Å². The van der Waals surface area contributed by atoms with Gasteiger partial charge < -0.3 is 10.8 Å². The van der Waals surface area contributed by atoms with Gasteiger partial charge in [0, 0.05) is 11.6 Å². The third-order valence-corrected chi connectivity index (χ3v) is 3.64. The molecule has 0 spiro atoms. The topological polar surface area (TPSA) is 64.1 Å². The number of halogens is 1. The van der Waals surface area contributed by atoms with E-state index in [0.29, 0.717) is 17.1 Å². The summed E-state index contributed by atoms with van der Waals surface area (Å²) in [4.78, 5) is 0. The van der Waals surface area contributed by atoms with Crippen molar-refractivity contribution in [3.63, 3.8) is 0 Å². The number of nitrogens with zero attached hydrogens (tertiary/aromatic N) is 2. The molecule has 1 aliphatic rings. The number of aliphatic hydroxyl groups excluding tert-OH is 1. The number of aliphatic hydroxyl groups is 1. The predicted octanol–water partition coefficient (Wildman–Crippen LogP) is 2.36. The number of rotatable bonds is 2. The molecule has 0 saturated heterocycles. The van der Waals surface area contributed by atoms with Gasteiger partial charge in [0.25, 0.3) is 0 Å². The number of aromatic nitrogens is 2. The van der Waals surface area contributed by atoms with Crippen LogP contribution in [0.15, 0.2) is 30.3 Å². The molecule has 0 bridgehead atoms. The Hall–Kier alpha value is -1.88. The minimum Gasteiger partial charge on any atom is -0.391 e. The van der Waals surface area contributed by atoms with Gasteiger partial charge in [-0.2, -0.15) is 5.10 Å². The molecule has 0 amide bonds. The number of hydrogen-bond donors (Lipinski definition) is 2. The molecule has 1 saturated carbocycles. The lowest BCUT2D eigenvalue weighted by atomic mass is 10.1. The normalized spacial score (nSPS) is 22.8. The van der Waals surface area contributed by atoms with Crippen LogP contribution < -0.4 is 5.73 Å². The number of nitrogens with two attached hydrogens (primary N) is 1. The van der Waals surface area contributed by atoms with Gasteiger partial charge in [-0.05, 0) is 31.4 Å². The minimum atomic E-state index is -0.400. The van der Waals surface area contributed by atoms with Gasteiger partial charge in [-0.15, -0.1) is 0 Å². The van der Waals surface area contributed by atoms with Gasteiger partial charge in [-0.25, -0.2) is 9.07 Å². The Morgan fingerprint density at radius 1 is 1.32 bits per heavy atom. The summed E-state index contributed by atoms with van der Waals surface area (Å²) in [5.74, 6) is 0.205. The van der Waals surface area contributed by atoms with Gasteiger partial charge >= 0.3 is 0 Å². The first-order valence-corrected chi connectivity index (χ1v) is 6.44. The van der Waals surface area contributed by atoms with E-state index in [-0.39, 0.29) is 11.9 Å². The summed E-state index contributed by atoms with van der Waals surface area (Å²) in [5.41, 5.74) is 7.28. The fourth-order valence-electron chi connectivity index (χ4n) is 2.67. The average Bonchev–Trinajstić information content (AvgIpc) is 2.95. The number of benzene rings is 1. The quantitative estimate of drug-likeness (QED) is 0.872. The smallest absolute Gasteiger partial charge is 0.123 e. The lowest BCUT2D eigenvalue weighted by Gasteiger charge is -2.16. The molecule has 1 aliphatic carbocycles. The first-order chi connectivity index (χ1) is 9.15. The summed E-state index contributed by atoms with van der Waals surface area (Å²) in [6.07, 6.45) is 2.22. The van der Waals surface area contributed by atoms with E-state index in [1.165, 1.54) is 12.1 Å². The molecule has 100 valence electrons. The van der Waals surface area contributed by atoms with Gasteiger partial charge in [0.05, 0.1) is 17.8 Å². The lowest BCUT2D eigenvalue weighted by molar-refractivity contribution is 0.131. The molecular weight excluding hydrogens is 245 g/mol. The molecule has 0 aliphatic heterocycles. The molecule has 1 aromatic carbocycles. The number of hydrogen-bond acceptors (Lipinski definition) is 3. The minimum absolute atomic E-state index is 0.0673. The fraction of sp³-hybridized carbons (Fsp3) is 0.357. The second-order valence-corrected chi connectivity index (χ2v) is 4.97. The number of anilines is 1. The molecule has 0 radical (unpaired) electrons. The van der Waals surface area contributed by atoms with Crippen molar-refractivity contribution in [2.75, 3.05) is 5.73 Å². The Kier molecular flexibility index (Phi) is 2.98. The van der Waals surface area contributed by atoms with E-state index >= 15 is 0 Å². The zero-order chi connectivity index (χ0) is 13.4. The highest BCUT2D eigenvalue weighted by molar-refractivity contribution is 5.62. The number of nitrogen functional groups attached to an aromatic ring is 1. The van der Waals surface area contributed by atoms with Gasteiger partial charge in [0.2, 0.25) is 0 Å². The van der Waals surface area contributed by atoms with Crippen LogP contribution in [-0.2, 0) is 0 Å². The zero-order valence-corrected chi connectivity index (χ0v) is 10.5. The van der Waals surface area contributed by atoms with Crippen LogP contribution in [-0.4, -0.2) is 21.0 Å². The highest BCUT2D eigenvalue weighted by Gasteiger charge is 2.29. The summed E-state index contributed by atoms with van der Waals surface area (Å²) in [6, 6.07) is 7.91. The van der Waals surface area contributed by atoms with Crippen LogP contribution >= 0.6 is 0 Å². The molecule has 1 heterocycles. The zero-order valence-electron chi connectivity index (χ0n) is 10.5. The van der Waals surface area contributed by atoms with Crippen molar-refractivity contribution in [1.29, 1.82) is 0 Å². The molecule has 5 heteroatoms. The van der Waals surface area contributed by atoms with E-state index in [0.717, 1.165) is 19.3 Å². The van der Waals surface area contributed by atoms with Crippen molar-refractivity contribution in [3.8, 4) is 11.3 Å². The maximum Gasteiger partial charge on any atom is 0.123 e. The van der Waals surface area contributed by atoms with Crippen LogP contribution in [0.3, 0.4) is 0 Å². The molecule has 19 heavy (non-hydrogen) atoms. The Morgan fingerprint density at radius 2 is 2.16 bits per heavy atom. The van der Waals surface area contributed by atoms with Crippen LogP contribution in [0.1, 0.15) is 25.3 Å². The van der Waals surface area contributed by atoms with E-state index in [4.69, 9.17) is 5.73 Å². The monoisotopic (exact) mass is 261 g/mol. The molecular formula is C14H16FN3O. The molecule has 1 fully saturated rings. The van der Waals surface area contributed by atoms with Gasteiger partial charge in [0.15, 0.2) is 0 Å². The van der Waals surface area contributed by atoms with Crippen LogP contribution in [0.4, 0.5) is 10.2 Å². The molecule has 2 atom stereocenters. The van der Waals surface area contributed by atoms with Crippen molar-refractivity contribution < 1.29 is 9.50 Å². The Balaban J connectivity index is 1.97. The molecule has 4 nitrogen and oxygen atoms in total. The second kappa shape index (κ2) is 4.66. The molecule has 3 N–H and O–H groups in total. The maximum atomic E-state index is 13.2. The van der Waals surface area contributed by atoms with Crippen LogP contribution in [0.25, 0.3) is 11.3 Å². The third kappa shape index (κ3) is 2.21. The highest BCUT2D eigenvalue weighted by atomic mass is 19.1. The van der Waals surface area contributed by atoms with Crippen molar-refractivity contribution >= 4 is 5.82 Å². The maximum absolute atomic E-state index is 13.2. The van der Waals surface area contributed by atoms with E-state index < -0.39 is 6.10 Å². The van der Waals surface area contributed by atoms with Gasteiger partial charge in [-0.1, -0.05) is 12.1 Å². The fourth-order valence-corrected chi connectivity index (χ4v) is 2.67. The Bertz CT molecular complexity index is 596. The highest BCUT2D eigenvalue weighted by Crippen LogP contribution is 2.33. The van der Waals surface area contributed by atoms with Gasteiger partial charge in [0.1, 0.15) is 11.6 Å². The summed E-state index contributed by atoms with van der Waals surface area (Å²) in [5, 5.41) is 14.3. The van der Waals surface area contributed by atoms with E-state index in [1.54, 1.807) is 22.9 Å². The molecule has 2 aromatic rings. The predicted molar refractivity (Wildman–Crippen MR) is 70.9 cm³/mol. The van der Waals surface area contributed by atoms with E-state index in [1.807, 2.05) is 0 Å². The third-order valence-electron chi connectivity index (χ3n) is 3.64. The summed E-state index contributed by atoms with van der Waals surface area (Å²) < 4.78 is 14.9. The van der Waals surface area contributed by atoms with Gasteiger partial charge in [-0.3, -0.25) is 0 Å². The van der Waals surface area contributed by atoms with E-state index in [9.17, 15) is 9.50 Å². The first-order valence-electron chi connectivity index (χ1n) is 6.44. The molecule has 3 rings (SSSR count). The lowest BCUT2D eigenvalue weighted by Crippen LogP contribution is -2.20. The van der Waals surface area contributed by atoms with Crippen LogP contribution in [0, 0.1) is 5.82 Å². The summed E-state index contributed by atoms with van der Waals surface area (Å²) in [6.45, 7) is 0. The van der Waals surface area contributed by atoms with Crippen molar-refractivity contribution in [3.05, 3.63) is 36.1 Å². The SMILES string of the molecule is Nc1cc(-c2cccc(F)c2)nn1C1CCCC1O. The molecule has 1 aromatic heterocycles.